The minimum absolute atomic E-state index is 0.322. The molecule has 0 amide bonds. The monoisotopic (exact) mass is 262 g/mol. The molecule has 19 heavy (non-hydrogen) atoms. The van der Waals surface area contributed by atoms with Crippen LogP contribution in [-0.4, -0.2) is 22.1 Å². The molecule has 0 atom stereocenters. The smallest absolute Gasteiger partial charge is 0.335 e. The van der Waals surface area contributed by atoms with Crippen LogP contribution in [0, 0.1) is 0 Å². The number of carboxylic acid groups (broad SMARTS) is 1. The molecule has 1 aliphatic rings. The number of nitrogens with one attached hydrogen (secondary N) is 1. The van der Waals surface area contributed by atoms with Gasteiger partial charge < -0.3 is 10.4 Å². The molecule has 4 heteroatoms. The minimum atomic E-state index is -0.888. The summed E-state index contributed by atoms with van der Waals surface area (Å²) in [6.45, 7) is 1.99. The SMILES string of the molecule is CCc1cc(C(=O)O)cc(NC2CCCCCC2)n1. The van der Waals surface area contributed by atoms with Gasteiger partial charge in [0.2, 0.25) is 0 Å². The quantitative estimate of drug-likeness (QED) is 0.815. The van der Waals surface area contributed by atoms with Crippen LogP contribution in [0.25, 0.3) is 0 Å². The Kier molecular flexibility index (Phi) is 4.77. The molecule has 4 nitrogen and oxygen atoms in total. The van der Waals surface area contributed by atoms with Crippen LogP contribution in [0.3, 0.4) is 0 Å². The molecule has 104 valence electrons. The molecule has 1 aromatic heterocycles. The molecule has 1 aliphatic carbocycles. The largest absolute Gasteiger partial charge is 0.478 e. The van der Waals surface area contributed by atoms with Crippen LogP contribution in [0.4, 0.5) is 5.82 Å². The van der Waals surface area contributed by atoms with E-state index in [9.17, 15) is 4.79 Å². The van der Waals surface area contributed by atoms with Crippen molar-refractivity contribution in [1.82, 2.24) is 4.98 Å². The standard InChI is InChI=1S/C15H22N2O2/c1-2-12-9-11(15(18)19)10-14(16-12)17-13-7-5-3-4-6-8-13/h9-10,13H,2-8H2,1H3,(H,16,17)(H,18,19). The summed E-state index contributed by atoms with van der Waals surface area (Å²) in [5, 5.41) is 12.5. The van der Waals surface area contributed by atoms with Gasteiger partial charge in [0.15, 0.2) is 0 Å². The van der Waals surface area contributed by atoms with Crippen LogP contribution in [0.2, 0.25) is 0 Å². The second kappa shape index (κ2) is 6.55. The normalized spacial score (nSPS) is 16.9. The fraction of sp³-hybridized carbons (Fsp3) is 0.600. The van der Waals surface area contributed by atoms with Gasteiger partial charge >= 0.3 is 5.97 Å². The lowest BCUT2D eigenvalue weighted by molar-refractivity contribution is 0.0696. The second-order valence-corrected chi connectivity index (χ2v) is 5.22. The summed E-state index contributed by atoms with van der Waals surface area (Å²) in [5.41, 5.74) is 1.15. The molecule has 1 heterocycles. The number of carboxylic acids is 1. The first kappa shape index (κ1) is 13.8. The van der Waals surface area contributed by atoms with Crippen LogP contribution in [0.1, 0.15) is 61.5 Å². The van der Waals surface area contributed by atoms with Crippen LogP contribution >= 0.6 is 0 Å². The van der Waals surface area contributed by atoms with Crippen molar-refractivity contribution in [3.63, 3.8) is 0 Å². The lowest BCUT2D eigenvalue weighted by Crippen LogP contribution is -2.19. The van der Waals surface area contributed by atoms with E-state index in [1.54, 1.807) is 12.1 Å². The Hall–Kier alpha value is -1.58. The zero-order valence-corrected chi connectivity index (χ0v) is 11.5. The maximum atomic E-state index is 11.1. The zero-order chi connectivity index (χ0) is 13.7. The fourth-order valence-electron chi connectivity index (χ4n) is 2.60. The van der Waals surface area contributed by atoms with Gasteiger partial charge in [-0.1, -0.05) is 32.6 Å². The van der Waals surface area contributed by atoms with E-state index in [1.165, 1.54) is 25.7 Å². The topological polar surface area (TPSA) is 62.2 Å². The van der Waals surface area contributed by atoms with E-state index in [2.05, 4.69) is 10.3 Å². The minimum Gasteiger partial charge on any atom is -0.478 e. The Morgan fingerprint density at radius 1 is 1.32 bits per heavy atom. The molecule has 1 saturated carbocycles. The molecule has 0 radical (unpaired) electrons. The third kappa shape index (κ3) is 3.94. The number of anilines is 1. The van der Waals surface area contributed by atoms with Gasteiger partial charge in [-0.2, -0.15) is 0 Å². The Morgan fingerprint density at radius 2 is 2.00 bits per heavy atom. The summed E-state index contributed by atoms with van der Waals surface area (Å²) >= 11 is 0. The molecule has 1 fully saturated rings. The Labute approximate surface area is 114 Å². The highest BCUT2D eigenvalue weighted by molar-refractivity contribution is 5.88. The molecule has 0 saturated heterocycles. The number of aromatic carboxylic acids is 1. The molecule has 2 rings (SSSR count). The predicted molar refractivity (Wildman–Crippen MR) is 75.7 cm³/mol. The highest BCUT2D eigenvalue weighted by atomic mass is 16.4. The van der Waals surface area contributed by atoms with Gasteiger partial charge in [0.1, 0.15) is 5.82 Å². The molecule has 0 aliphatic heterocycles. The third-order valence-corrected chi connectivity index (χ3v) is 3.69. The lowest BCUT2D eigenvalue weighted by atomic mass is 10.1. The Balaban J connectivity index is 2.13. The van der Waals surface area contributed by atoms with E-state index in [-0.39, 0.29) is 0 Å². The van der Waals surface area contributed by atoms with Crippen molar-refractivity contribution in [1.29, 1.82) is 0 Å². The summed E-state index contributed by atoms with van der Waals surface area (Å²) in [5.74, 6) is -0.176. The van der Waals surface area contributed by atoms with E-state index in [0.717, 1.165) is 25.0 Å². The third-order valence-electron chi connectivity index (χ3n) is 3.69. The predicted octanol–water partition coefficient (Wildman–Crippen LogP) is 3.48. The van der Waals surface area contributed by atoms with E-state index in [0.29, 0.717) is 17.4 Å². The first-order valence-electron chi connectivity index (χ1n) is 7.20. The van der Waals surface area contributed by atoms with Gasteiger partial charge in [-0.15, -0.1) is 0 Å². The van der Waals surface area contributed by atoms with Crippen LogP contribution in [0.5, 0.6) is 0 Å². The van der Waals surface area contributed by atoms with Crippen molar-refractivity contribution in [2.75, 3.05) is 5.32 Å². The maximum Gasteiger partial charge on any atom is 0.335 e. The number of pyridine rings is 1. The van der Waals surface area contributed by atoms with Crippen molar-refractivity contribution in [3.8, 4) is 0 Å². The molecule has 0 unspecified atom stereocenters. The van der Waals surface area contributed by atoms with Gasteiger partial charge in [-0.05, 0) is 31.4 Å². The molecule has 0 bridgehead atoms. The first-order valence-corrected chi connectivity index (χ1v) is 7.20. The summed E-state index contributed by atoms with van der Waals surface area (Å²) in [7, 11) is 0. The van der Waals surface area contributed by atoms with Gasteiger partial charge in [0.05, 0.1) is 5.56 Å². The van der Waals surface area contributed by atoms with Crippen molar-refractivity contribution in [2.24, 2.45) is 0 Å². The van der Waals surface area contributed by atoms with E-state index in [4.69, 9.17) is 5.11 Å². The lowest BCUT2D eigenvalue weighted by Gasteiger charge is -2.17. The number of nitrogens with zero attached hydrogens (tertiary/aromatic N) is 1. The number of aryl methyl sites for hydroxylation is 1. The molecular formula is C15H22N2O2. The van der Waals surface area contributed by atoms with Gasteiger partial charge in [0.25, 0.3) is 0 Å². The van der Waals surface area contributed by atoms with Gasteiger partial charge in [0, 0.05) is 11.7 Å². The maximum absolute atomic E-state index is 11.1. The van der Waals surface area contributed by atoms with Crippen molar-refractivity contribution >= 4 is 11.8 Å². The van der Waals surface area contributed by atoms with Gasteiger partial charge in [-0.3, -0.25) is 0 Å². The summed E-state index contributed by atoms with van der Waals surface area (Å²) in [4.78, 5) is 15.6. The van der Waals surface area contributed by atoms with Crippen molar-refractivity contribution < 1.29 is 9.90 Å². The number of hydrogen-bond acceptors (Lipinski definition) is 3. The van der Waals surface area contributed by atoms with E-state index >= 15 is 0 Å². The van der Waals surface area contributed by atoms with E-state index in [1.807, 2.05) is 6.92 Å². The van der Waals surface area contributed by atoms with Crippen LogP contribution < -0.4 is 5.32 Å². The van der Waals surface area contributed by atoms with Crippen molar-refractivity contribution in [2.45, 2.75) is 57.9 Å². The molecule has 1 aromatic rings. The summed E-state index contributed by atoms with van der Waals surface area (Å²) in [6, 6.07) is 3.73. The summed E-state index contributed by atoms with van der Waals surface area (Å²) < 4.78 is 0. The summed E-state index contributed by atoms with van der Waals surface area (Å²) in [6.07, 6.45) is 8.16. The number of aromatic nitrogens is 1. The molecule has 0 aromatic carbocycles. The fourth-order valence-corrected chi connectivity index (χ4v) is 2.60. The molecular weight excluding hydrogens is 240 g/mol. The number of hydrogen-bond donors (Lipinski definition) is 2. The highest BCUT2D eigenvalue weighted by Gasteiger charge is 2.14. The first-order chi connectivity index (χ1) is 9.19. The Morgan fingerprint density at radius 3 is 2.58 bits per heavy atom. The van der Waals surface area contributed by atoms with Crippen LogP contribution in [-0.2, 0) is 6.42 Å². The molecule has 0 spiro atoms. The molecule has 2 N–H and O–H groups in total. The Bertz CT molecular complexity index is 438. The van der Waals surface area contributed by atoms with Crippen LogP contribution in [0.15, 0.2) is 12.1 Å². The van der Waals surface area contributed by atoms with Gasteiger partial charge in [-0.25, -0.2) is 9.78 Å². The number of carbonyl (C=O) groups is 1. The van der Waals surface area contributed by atoms with Crippen molar-refractivity contribution in [3.05, 3.63) is 23.4 Å². The number of rotatable bonds is 4. The average molecular weight is 262 g/mol. The average Bonchev–Trinajstić information content (AvgIpc) is 2.67. The van der Waals surface area contributed by atoms with E-state index < -0.39 is 5.97 Å². The zero-order valence-electron chi connectivity index (χ0n) is 11.5. The highest BCUT2D eigenvalue weighted by Crippen LogP contribution is 2.21. The second-order valence-electron chi connectivity index (χ2n) is 5.22.